The van der Waals surface area contributed by atoms with Gasteiger partial charge in [0.25, 0.3) is 11.6 Å². The average molecular weight is 392 g/mol. The molecule has 2 aromatic carbocycles. The number of para-hydroxylation sites is 2. The molecule has 0 atom stereocenters. The molecule has 27 heavy (non-hydrogen) atoms. The van der Waals surface area contributed by atoms with Crippen molar-refractivity contribution >= 4 is 33.1 Å². The molecule has 10 heteroatoms. The van der Waals surface area contributed by atoms with Crippen LogP contribution in [0, 0.1) is 17.0 Å². The van der Waals surface area contributed by atoms with Gasteiger partial charge in [-0.25, -0.2) is 13.2 Å². The van der Waals surface area contributed by atoms with Gasteiger partial charge >= 0.3 is 5.97 Å². The summed E-state index contributed by atoms with van der Waals surface area (Å²) in [6.45, 7) is 0.906. The molecule has 9 nitrogen and oxygen atoms in total. The number of carbonyl (C=O) groups is 2. The van der Waals surface area contributed by atoms with Crippen molar-refractivity contribution in [2.24, 2.45) is 0 Å². The van der Waals surface area contributed by atoms with Crippen LogP contribution >= 0.6 is 0 Å². The first-order valence-corrected chi connectivity index (χ1v) is 9.50. The van der Waals surface area contributed by atoms with E-state index in [9.17, 15) is 28.1 Å². The van der Waals surface area contributed by atoms with Crippen molar-refractivity contribution in [2.45, 2.75) is 11.8 Å². The first-order valence-electron chi connectivity index (χ1n) is 7.60. The fraction of sp³-hybridized carbons (Fsp3) is 0.176. The number of benzene rings is 2. The average Bonchev–Trinajstić information content (AvgIpc) is 2.59. The van der Waals surface area contributed by atoms with Gasteiger partial charge in [-0.2, -0.15) is 0 Å². The van der Waals surface area contributed by atoms with Gasteiger partial charge in [0, 0.05) is 12.3 Å². The summed E-state index contributed by atoms with van der Waals surface area (Å²) in [6.07, 6.45) is 1.01. The van der Waals surface area contributed by atoms with E-state index in [-0.39, 0.29) is 21.8 Å². The van der Waals surface area contributed by atoms with Gasteiger partial charge in [0.05, 0.1) is 15.4 Å². The molecule has 0 heterocycles. The zero-order chi connectivity index (χ0) is 20.2. The Morgan fingerprint density at radius 1 is 1.19 bits per heavy atom. The molecule has 0 aliphatic carbocycles. The molecule has 142 valence electrons. The van der Waals surface area contributed by atoms with Gasteiger partial charge in [0.2, 0.25) is 0 Å². The monoisotopic (exact) mass is 392 g/mol. The molecular formula is C17H16N2O7S. The molecule has 1 amide bonds. The van der Waals surface area contributed by atoms with Crippen LogP contribution in [0.1, 0.15) is 15.9 Å². The van der Waals surface area contributed by atoms with Crippen LogP contribution in [0.2, 0.25) is 0 Å². The number of carbonyl (C=O) groups excluding carboxylic acids is 2. The summed E-state index contributed by atoms with van der Waals surface area (Å²) >= 11 is 0. The number of aryl methyl sites for hydroxylation is 1. The molecule has 1 N–H and O–H groups in total. The molecule has 0 fully saturated rings. The van der Waals surface area contributed by atoms with Crippen molar-refractivity contribution in [3.05, 3.63) is 63.7 Å². The van der Waals surface area contributed by atoms with E-state index < -0.39 is 33.2 Å². The fourth-order valence-electron chi connectivity index (χ4n) is 2.19. The molecule has 0 spiro atoms. The predicted octanol–water partition coefficient (Wildman–Crippen LogP) is 2.10. The molecule has 0 saturated heterocycles. The Morgan fingerprint density at radius 3 is 2.48 bits per heavy atom. The number of nitro groups is 1. The number of anilines is 1. The topological polar surface area (TPSA) is 133 Å². The number of nitrogens with one attached hydrogen (secondary N) is 1. The summed E-state index contributed by atoms with van der Waals surface area (Å²) in [7, 11) is -3.51. The van der Waals surface area contributed by atoms with Gasteiger partial charge in [-0.3, -0.25) is 14.9 Å². The normalized spacial score (nSPS) is 10.9. The number of rotatable bonds is 6. The van der Waals surface area contributed by atoms with Gasteiger partial charge in [-0.1, -0.05) is 18.2 Å². The van der Waals surface area contributed by atoms with E-state index in [4.69, 9.17) is 4.74 Å². The minimum Gasteiger partial charge on any atom is -0.452 e. The number of hydrogen-bond donors (Lipinski definition) is 1. The summed E-state index contributed by atoms with van der Waals surface area (Å²) in [4.78, 5) is 34.3. The molecule has 0 aliphatic rings. The van der Waals surface area contributed by atoms with E-state index in [0.717, 1.165) is 6.26 Å². The van der Waals surface area contributed by atoms with Crippen LogP contribution in [0.25, 0.3) is 0 Å². The summed E-state index contributed by atoms with van der Waals surface area (Å²) in [5.74, 6) is -1.65. The third-order valence-electron chi connectivity index (χ3n) is 3.57. The zero-order valence-corrected chi connectivity index (χ0v) is 15.3. The number of hydrogen-bond acceptors (Lipinski definition) is 7. The molecule has 2 rings (SSSR count). The van der Waals surface area contributed by atoms with Gasteiger partial charge in [-0.15, -0.1) is 0 Å². The Morgan fingerprint density at radius 2 is 1.85 bits per heavy atom. The second-order valence-corrected chi connectivity index (χ2v) is 7.66. The molecule has 0 unspecified atom stereocenters. The summed E-state index contributed by atoms with van der Waals surface area (Å²) < 4.78 is 28.1. The molecule has 0 aliphatic heterocycles. The van der Waals surface area contributed by atoms with E-state index in [1.807, 2.05) is 0 Å². The minimum atomic E-state index is -3.51. The molecule has 0 bridgehead atoms. The maximum absolute atomic E-state index is 12.2. The molecule has 0 radical (unpaired) electrons. The lowest BCUT2D eigenvalue weighted by Crippen LogP contribution is -2.21. The Bertz CT molecular complexity index is 1020. The maximum Gasteiger partial charge on any atom is 0.338 e. The van der Waals surface area contributed by atoms with Crippen molar-refractivity contribution in [1.29, 1.82) is 0 Å². The van der Waals surface area contributed by atoms with Gasteiger partial charge in [0.1, 0.15) is 5.69 Å². The van der Waals surface area contributed by atoms with E-state index in [1.165, 1.54) is 42.5 Å². The maximum atomic E-state index is 12.2. The SMILES string of the molecule is Cc1ccc(S(C)(=O)=O)cc1C(=O)OCC(=O)Nc1ccccc1[N+](=O)[O-]. The molecular weight excluding hydrogens is 376 g/mol. The quantitative estimate of drug-likeness (QED) is 0.452. The second kappa shape index (κ2) is 7.96. The predicted molar refractivity (Wildman–Crippen MR) is 96.3 cm³/mol. The highest BCUT2D eigenvalue weighted by atomic mass is 32.2. The summed E-state index contributed by atoms with van der Waals surface area (Å²) in [5.41, 5.74) is 0.163. The summed E-state index contributed by atoms with van der Waals surface area (Å²) in [5, 5.41) is 13.2. The molecule has 2 aromatic rings. The third kappa shape index (κ3) is 5.11. The lowest BCUT2D eigenvalue weighted by atomic mass is 10.1. The second-order valence-electron chi connectivity index (χ2n) is 5.65. The van der Waals surface area contributed by atoms with E-state index >= 15 is 0 Å². The van der Waals surface area contributed by atoms with E-state index in [2.05, 4.69) is 5.32 Å². The van der Waals surface area contributed by atoms with Crippen molar-refractivity contribution in [2.75, 3.05) is 18.2 Å². The van der Waals surface area contributed by atoms with Crippen molar-refractivity contribution < 1.29 is 27.7 Å². The largest absolute Gasteiger partial charge is 0.452 e. The fourth-order valence-corrected chi connectivity index (χ4v) is 2.83. The van der Waals surface area contributed by atoms with Crippen LogP contribution in [0.4, 0.5) is 11.4 Å². The Kier molecular flexibility index (Phi) is 5.91. The van der Waals surface area contributed by atoms with Crippen molar-refractivity contribution in [1.82, 2.24) is 0 Å². The number of nitro benzene ring substituents is 1. The zero-order valence-electron chi connectivity index (χ0n) is 14.5. The van der Waals surface area contributed by atoms with Gasteiger partial charge in [0.15, 0.2) is 16.4 Å². The van der Waals surface area contributed by atoms with Crippen LogP contribution in [0.3, 0.4) is 0 Å². The van der Waals surface area contributed by atoms with Crippen LogP contribution < -0.4 is 5.32 Å². The number of sulfone groups is 1. The van der Waals surface area contributed by atoms with Crippen LogP contribution in [-0.2, 0) is 19.4 Å². The number of amides is 1. The Balaban J connectivity index is 2.08. The number of nitrogens with zero attached hydrogens (tertiary/aromatic N) is 1. The Labute approximate surface area is 155 Å². The summed E-state index contributed by atoms with van der Waals surface area (Å²) in [6, 6.07) is 9.52. The number of ether oxygens (including phenoxy) is 1. The standard InChI is InChI=1S/C17H16N2O7S/c1-11-7-8-12(27(2,24)25)9-13(11)17(21)26-10-16(20)18-14-5-3-4-6-15(14)19(22)23/h3-9H,10H2,1-2H3,(H,18,20). The van der Waals surface area contributed by atoms with E-state index in [1.54, 1.807) is 6.92 Å². The Hall–Kier alpha value is -3.27. The highest BCUT2D eigenvalue weighted by Crippen LogP contribution is 2.23. The van der Waals surface area contributed by atoms with E-state index in [0.29, 0.717) is 5.56 Å². The highest BCUT2D eigenvalue weighted by molar-refractivity contribution is 7.90. The van der Waals surface area contributed by atoms with Gasteiger partial charge < -0.3 is 10.1 Å². The first kappa shape index (κ1) is 20.0. The van der Waals surface area contributed by atoms with Crippen molar-refractivity contribution in [3.8, 4) is 0 Å². The van der Waals surface area contributed by atoms with Crippen molar-refractivity contribution in [3.63, 3.8) is 0 Å². The number of esters is 1. The third-order valence-corrected chi connectivity index (χ3v) is 4.68. The molecule has 0 aromatic heterocycles. The lowest BCUT2D eigenvalue weighted by Gasteiger charge is -2.09. The first-order chi connectivity index (χ1) is 12.6. The lowest BCUT2D eigenvalue weighted by molar-refractivity contribution is -0.383. The molecule has 0 saturated carbocycles. The van der Waals surface area contributed by atoms with Crippen LogP contribution in [0.5, 0.6) is 0 Å². The smallest absolute Gasteiger partial charge is 0.338 e. The minimum absolute atomic E-state index is 0.0106. The van der Waals surface area contributed by atoms with Gasteiger partial charge in [-0.05, 0) is 30.7 Å². The van der Waals surface area contributed by atoms with Crippen LogP contribution in [-0.4, -0.2) is 38.1 Å². The van der Waals surface area contributed by atoms with Crippen LogP contribution in [0.15, 0.2) is 47.4 Å². The highest BCUT2D eigenvalue weighted by Gasteiger charge is 2.18.